The van der Waals surface area contributed by atoms with E-state index in [-0.39, 0.29) is 0 Å². The zero-order valence-electron chi connectivity index (χ0n) is 13.9. The van der Waals surface area contributed by atoms with E-state index in [0.717, 1.165) is 5.92 Å². The minimum absolute atomic E-state index is 0.383. The molecule has 0 amide bonds. The topological polar surface area (TPSA) is 15.3 Å². The maximum atomic E-state index is 3.92. The summed E-state index contributed by atoms with van der Waals surface area (Å²) in [4.78, 5) is 2.93. The number of nitrogens with one attached hydrogen (secondary N) is 1. The first-order chi connectivity index (χ1) is 9.50. The summed E-state index contributed by atoms with van der Waals surface area (Å²) in [6.45, 7) is 11.1. The van der Waals surface area contributed by atoms with Crippen molar-refractivity contribution in [1.82, 2.24) is 10.2 Å². The molecule has 2 saturated carbocycles. The highest BCUT2D eigenvalue weighted by Gasteiger charge is 2.45. The second-order valence-electron chi connectivity index (χ2n) is 8.79. The average molecular weight is 278 g/mol. The lowest BCUT2D eigenvalue weighted by Gasteiger charge is -2.55. The maximum absolute atomic E-state index is 3.92. The van der Waals surface area contributed by atoms with Gasteiger partial charge < -0.3 is 5.32 Å². The number of nitrogens with zero attached hydrogens (tertiary/aromatic N) is 1. The third kappa shape index (κ3) is 2.92. The minimum atomic E-state index is 0.383. The van der Waals surface area contributed by atoms with E-state index in [1.54, 1.807) is 0 Å². The van der Waals surface area contributed by atoms with Crippen LogP contribution >= 0.6 is 0 Å². The molecule has 1 unspecified atom stereocenters. The third-order valence-electron chi connectivity index (χ3n) is 6.28. The molecule has 2 nitrogen and oxygen atoms in total. The first kappa shape index (κ1) is 14.8. The molecule has 2 heteroatoms. The van der Waals surface area contributed by atoms with Crippen molar-refractivity contribution in [3.05, 3.63) is 0 Å². The monoisotopic (exact) mass is 278 g/mol. The molecule has 0 bridgehead atoms. The summed E-state index contributed by atoms with van der Waals surface area (Å²) in [6.07, 6.45) is 11.7. The summed E-state index contributed by atoms with van der Waals surface area (Å²) in [7, 11) is 0. The summed E-state index contributed by atoms with van der Waals surface area (Å²) in [5.41, 5.74) is 0.893. The lowest BCUT2D eigenvalue weighted by molar-refractivity contribution is -0.0269. The molecular formula is C18H34N2. The van der Waals surface area contributed by atoms with E-state index in [9.17, 15) is 0 Å². The van der Waals surface area contributed by atoms with E-state index in [4.69, 9.17) is 0 Å². The van der Waals surface area contributed by atoms with Crippen molar-refractivity contribution < 1.29 is 0 Å². The van der Waals surface area contributed by atoms with Gasteiger partial charge in [-0.3, -0.25) is 4.90 Å². The fourth-order valence-corrected chi connectivity index (χ4v) is 4.44. The molecule has 1 atom stereocenters. The van der Waals surface area contributed by atoms with Gasteiger partial charge in [-0.2, -0.15) is 0 Å². The zero-order valence-corrected chi connectivity index (χ0v) is 13.9. The highest BCUT2D eigenvalue weighted by molar-refractivity contribution is 5.03. The van der Waals surface area contributed by atoms with E-state index >= 15 is 0 Å². The van der Waals surface area contributed by atoms with Crippen molar-refractivity contribution in [1.29, 1.82) is 0 Å². The van der Waals surface area contributed by atoms with Gasteiger partial charge >= 0.3 is 0 Å². The first-order valence-corrected chi connectivity index (χ1v) is 8.98. The molecule has 3 aliphatic rings. The maximum Gasteiger partial charge on any atom is 0.0334 e. The predicted molar refractivity (Wildman–Crippen MR) is 86.0 cm³/mol. The number of hydrogen-bond acceptors (Lipinski definition) is 2. The van der Waals surface area contributed by atoms with Crippen LogP contribution in [0.25, 0.3) is 0 Å². The van der Waals surface area contributed by atoms with Gasteiger partial charge in [-0.1, -0.05) is 46.5 Å². The molecule has 0 aromatic carbocycles. The van der Waals surface area contributed by atoms with Gasteiger partial charge in [0.2, 0.25) is 0 Å². The van der Waals surface area contributed by atoms with Gasteiger partial charge in [-0.05, 0) is 37.0 Å². The van der Waals surface area contributed by atoms with E-state index in [0.29, 0.717) is 17.0 Å². The molecule has 3 rings (SSSR count). The summed E-state index contributed by atoms with van der Waals surface area (Å²) in [5, 5.41) is 3.92. The standard InChI is InChI=1S/C18H34N2/c1-17(2,3)16-13-20(12-15-8-7-9-15)18(14-19-16)10-5-4-6-11-18/h15-16,19H,4-14H2,1-3H3. The van der Waals surface area contributed by atoms with Crippen LogP contribution in [0.15, 0.2) is 0 Å². The Morgan fingerprint density at radius 2 is 1.75 bits per heavy atom. The number of rotatable bonds is 2. The quantitative estimate of drug-likeness (QED) is 0.826. The normalized spacial score (nSPS) is 32.2. The van der Waals surface area contributed by atoms with Crippen LogP contribution in [-0.2, 0) is 0 Å². The molecular weight excluding hydrogens is 244 g/mol. The molecule has 0 aromatic heterocycles. The SMILES string of the molecule is CC(C)(C)C1CN(CC2CCC2)C2(CCCCC2)CN1. The van der Waals surface area contributed by atoms with Crippen molar-refractivity contribution in [3.8, 4) is 0 Å². The molecule has 1 heterocycles. The molecule has 1 spiro atoms. The Morgan fingerprint density at radius 3 is 2.30 bits per heavy atom. The molecule has 1 saturated heterocycles. The Morgan fingerprint density at radius 1 is 1.05 bits per heavy atom. The van der Waals surface area contributed by atoms with Gasteiger partial charge in [-0.25, -0.2) is 0 Å². The van der Waals surface area contributed by atoms with Gasteiger partial charge in [0.15, 0.2) is 0 Å². The van der Waals surface area contributed by atoms with Crippen LogP contribution in [0.2, 0.25) is 0 Å². The van der Waals surface area contributed by atoms with Crippen molar-refractivity contribution in [2.45, 2.75) is 83.7 Å². The molecule has 3 fully saturated rings. The summed E-state index contributed by atoms with van der Waals surface area (Å²) >= 11 is 0. The number of hydrogen-bond donors (Lipinski definition) is 1. The Balaban J connectivity index is 1.72. The van der Waals surface area contributed by atoms with Gasteiger partial charge in [-0.15, -0.1) is 0 Å². The lowest BCUT2D eigenvalue weighted by Crippen LogP contribution is -2.68. The highest BCUT2D eigenvalue weighted by Crippen LogP contribution is 2.39. The smallest absolute Gasteiger partial charge is 0.0334 e. The zero-order chi connectivity index (χ0) is 14.2. The van der Waals surface area contributed by atoms with Crippen molar-refractivity contribution >= 4 is 0 Å². The summed E-state index contributed by atoms with van der Waals surface area (Å²) in [6, 6.07) is 0.662. The third-order valence-corrected chi connectivity index (χ3v) is 6.28. The Labute approximate surface area is 125 Å². The fourth-order valence-electron chi connectivity index (χ4n) is 4.44. The van der Waals surface area contributed by atoms with E-state index in [1.807, 2.05) is 0 Å². The van der Waals surface area contributed by atoms with Crippen molar-refractivity contribution in [2.75, 3.05) is 19.6 Å². The Bertz CT molecular complexity index is 321. The van der Waals surface area contributed by atoms with Crippen LogP contribution in [0.1, 0.15) is 72.1 Å². The van der Waals surface area contributed by atoms with Gasteiger partial charge in [0.1, 0.15) is 0 Å². The molecule has 2 aliphatic carbocycles. The van der Waals surface area contributed by atoms with Gasteiger partial charge in [0, 0.05) is 31.2 Å². The van der Waals surface area contributed by atoms with Crippen LogP contribution in [0.5, 0.6) is 0 Å². The van der Waals surface area contributed by atoms with E-state index in [1.165, 1.54) is 71.0 Å². The Hall–Kier alpha value is -0.0800. The molecule has 20 heavy (non-hydrogen) atoms. The Kier molecular flexibility index (Phi) is 4.16. The lowest BCUT2D eigenvalue weighted by atomic mass is 9.74. The van der Waals surface area contributed by atoms with Crippen LogP contribution in [-0.4, -0.2) is 36.1 Å². The molecule has 0 radical (unpaired) electrons. The summed E-state index contributed by atoms with van der Waals surface area (Å²) < 4.78 is 0. The van der Waals surface area contributed by atoms with Crippen molar-refractivity contribution in [2.24, 2.45) is 11.3 Å². The number of piperazine rings is 1. The van der Waals surface area contributed by atoms with Crippen molar-refractivity contribution in [3.63, 3.8) is 0 Å². The molecule has 1 N–H and O–H groups in total. The fraction of sp³-hybridized carbons (Fsp3) is 1.00. The van der Waals surface area contributed by atoms with E-state index < -0.39 is 0 Å². The van der Waals surface area contributed by atoms with Crippen LogP contribution < -0.4 is 5.32 Å². The van der Waals surface area contributed by atoms with Gasteiger partial charge in [0.05, 0.1) is 0 Å². The minimum Gasteiger partial charge on any atom is -0.310 e. The highest BCUT2D eigenvalue weighted by atomic mass is 15.3. The molecule has 116 valence electrons. The second-order valence-corrected chi connectivity index (χ2v) is 8.79. The largest absolute Gasteiger partial charge is 0.310 e. The first-order valence-electron chi connectivity index (χ1n) is 8.98. The molecule has 0 aromatic rings. The van der Waals surface area contributed by atoms with Crippen LogP contribution in [0.4, 0.5) is 0 Å². The van der Waals surface area contributed by atoms with Crippen LogP contribution in [0, 0.1) is 11.3 Å². The second kappa shape index (κ2) is 5.61. The predicted octanol–water partition coefficient (Wildman–Crippen LogP) is 3.81. The van der Waals surface area contributed by atoms with Gasteiger partial charge in [0.25, 0.3) is 0 Å². The average Bonchev–Trinajstić information content (AvgIpc) is 2.35. The van der Waals surface area contributed by atoms with Crippen LogP contribution in [0.3, 0.4) is 0 Å². The molecule has 1 aliphatic heterocycles. The van der Waals surface area contributed by atoms with E-state index in [2.05, 4.69) is 31.0 Å². The summed E-state index contributed by atoms with van der Waals surface area (Å²) in [5.74, 6) is 1.01.